The van der Waals surface area contributed by atoms with Gasteiger partial charge in [0.25, 0.3) is 0 Å². The molecule has 0 saturated heterocycles. The van der Waals surface area contributed by atoms with Gasteiger partial charge in [0.05, 0.1) is 30.2 Å². The molecule has 0 aromatic heterocycles. The molecule has 0 bridgehead atoms. The Hall–Kier alpha value is -5.44. The number of ether oxygens (including phenoxy) is 1. The summed E-state index contributed by atoms with van der Waals surface area (Å²) in [6, 6.07) is 16.2. The lowest BCUT2D eigenvalue weighted by Crippen LogP contribution is -2.55. The molecule has 0 spiro atoms. The zero-order valence-electron chi connectivity index (χ0n) is 21.2. The zero-order valence-corrected chi connectivity index (χ0v) is 21.2. The Morgan fingerprint density at radius 1 is 1.12 bits per heavy atom. The van der Waals surface area contributed by atoms with Gasteiger partial charge in [0.1, 0.15) is 12.1 Å². The number of aromatic hydroxyl groups is 1. The number of phenolic OH excluding ortho intramolecular Hbond substituents is 1. The molecule has 204 valence electrons. The van der Waals surface area contributed by atoms with E-state index in [0.29, 0.717) is 22.3 Å². The van der Waals surface area contributed by atoms with Crippen LogP contribution in [0.4, 0.5) is 10.5 Å². The van der Waals surface area contributed by atoms with Gasteiger partial charge in [-0.3, -0.25) is 19.8 Å². The van der Waals surface area contributed by atoms with E-state index in [2.05, 4.69) is 11.4 Å². The third-order valence-corrected chi connectivity index (χ3v) is 6.72. The number of carbonyl (C=O) groups excluding carboxylic acids is 2. The van der Waals surface area contributed by atoms with Crippen LogP contribution in [0.2, 0.25) is 0 Å². The number of benzene rings is 3. The SMILES string of the molecule is COC(=O)[C@H](Cc1ccc(-c2ccc(C#N)cc2)cc1)NC(=O)[C@@H]1Cc2cc([N+](=O)[O-])c(O)cc2CN1C(=O)O. The summed E-state index contributed by atoms with van der Waals surface area (Å²) in [4.78, 5) is 49.1. The minimum atomic E-state index is -1.41. The number of fused-ring (bicyclic) bond motifs is 1. The first kappa shape index (κ1) is 27.6. The molecule has 0 radical (unpaired) electrons. The smallest absolute Gasteiger partial charge is 0.408 e. The Morgan fingerprint density at radius 2 is 1.75 bits per heavy atom. The number of nitro benzene ring substituents is 1. The fraction of sp³-hybridized carbons (Fsp3) is 0.214. The largest absolute Gasteiger partial charge is 0.502 e. The molecule has 2 atom stereocenters. The molecule has 2 amide bonds. The Labute approximate surface area is 228 Å². The monoisotopic (exact) mass is 544 g/mol. The normalized spacial score (nSPS) is 14.8. The Bertz CT molecular complexity index is 1510. The maximum absolute atomic E-state index is 13.3. The first-order valence-electron chi connectivity index (χ1n) is 12.1. The summed E-state index contributed by atoms with van der Waals surface area (Å²) in [5, 5.41) is 42.5. The number of carboxylic acid groups (broad SMARTS) is 1. The molecule has 40 heavy (non-hydrogen) atoms. The van der Waals surface area contributed by atoms with Crippen molar-refractivity contribution in [2.24, 2.45) is 0 Å². The van der Waals surface area contributed by atoms with Crippen molar-refractivity contribution in [2.75, 3.05) is 7.11 Å². The van der Waals surface area contributed by atoms with Crippen LogP contribution in [0.15, 0.2) is 60.7 Å². The summed E-state index contributed by atoms with van der Waals surface area (Å²) in [5.41, 5.74) is 3.13. The average Bonchev–Trinajstić information content (AvgIpc) is 2.95. The fourth-order valence-electron chi connectivity index (χ4n) is 4.60. The number of amides is 2. The van der Waals surface area contributed by atoms with E-state index in [1.165, 1.54) is 7.11 Å². The minimum absolute atomic E-state index is 0.0573. The number of rotatable bonds is 7. The van der Waals surface area contributed by atoms with Crippen LogP contribution in [0.3, 0.4) is 0 Å². The Balaban J connectivity index is 1.53. The molecular formula is C28H24N4O8. The van der Waals surface area contributed by atoms with Gasteiger partial charge in [-0.1, -0.05) is 36.4 Å². The van der Waals surface area contributed by atoms with Crippen molar-refractivity contribution in [2.45, 2.75) is 31.5 Å². The van der Waals surface area contributed by atoms with Gasteiger partial charge in [0.15, 0.2) is 5.75 Å². The van der Waals surface area contributed by atoms with Crippen molar-refractivity contribution in [3.63, 3.8) is 0 Å². The minimum Gasteiger partial charge on any atom is -0.502 e. The molecule has 0 unspecified atom stereocenters. The first-order valence-corrected chi connectivity index (χ1v) is 12.1. The van der Waals surface area contributed by atoms with Crippen molar-refractivity contribution in [3.8, 4) is 22.9 Å². The second-order valence-electron chi connectivity index (χ2n) is 9.17. The average molecular weight is 545 g/mol. The first-order chi connectivity index (χ1) is 19.1. The lowest BCUT2D eigenvalue weighted by atomic mass is 9.92. The van der Waals surface area contributed by atoms with Crippen LogP contribution in [0.5, 0.6) is 5.75 Å². The number of esters is 1. The molecular weight excluding hydrogens is 520 g/mol. The number of methoxy groups -OCH3 is 1. The topological polar surface area (TPSA) is 183 Å². The van der Waals surface area contributed by atoms with E-state index in [9.17, 15) is 34.7 Å². The standard InChI is InChI=1S/C28H24N4O8/c1-40-27(35)22(10-16-2-6-18(7-3-16)19-8-4-17(14-29)5-9-19)30-26(34)24-12-20-11-23(32(38)39)25(33)13-21(20)15-31(24)28(36)37/h2-9,11,13,22,24,33H,10,12,15H2,1H3,(H,30,34)(H,36,37)/t22-,24-/m0/s1. The summed E-state index contributed by atoms with van der Waals surface area (Å²) in [6.45, 7) is -0.284. The lowest BCUT2D eigenvalue weighted by molar-refractivity contribution is -0.386. The predicted molar refractivity (Wildman–Crippen MR) is 140 cm³/mol. The van der Waals surface area contributed by atoms with Gasteiger partial charge in [-0.25, -0.2) is 9.59 Å². The summed E-state index contributed by atoms with van der Waals surface area (Å²) >= 11 is 0. The number of hydrogen-bond donors (Lipinski definition) is 3. The number of phenols is 1. The van der Waals surface area contributed by atoms with Crippen molar-refractivity contribution < 1.29 is 34.3 Å². The molecule has 4 rings (SSSR count). The number of carbonyl (C=O) groups is 3. The van der Waals surface area contributed by atoms with Crippen LogP contribution >= 0.6 is 0 Å². The van der Waals surface area contributed by atoms with Crippen molar-refractivity contribution >= 4 is 23.7 Å². The van der Waals surface area contributed by atoms with Gasteiger partial charge in [-0.2, -0.15) is 5.26 Å². The molecule has 3 aromatic rings. The van der Waals surface area contributed by atoms with Crippen LogP contribution in [-0.2, 0) is 33.7 Å². The highest BCUT2D eigenvalue weighted by Crippen LogP contribution is 2.34. The third-order valence-electron chi connectivity index (χ3n) is 6.72. The molecule has 0 aliphatic carbocycles. The summed E-state index contributed by atoms with van der Waals surface area (Å²) in [7, 11) is 1.17. The summed E-state index contributed by atoms with van der Waals surface area (Å²) < 4.78 is 4.86. The van der Waals surface area contributed by atoms with E-state index in [1.54, 1.807) is 24.3 Å². The highest BCUT2D eigenvalue weighted by molar-refractivity contribution is 5.90. The van der Waals surface area contributed by atoms with Gasteiger partial charge < -0.3 is 20.3 Å². The molecule has 3 N–H and O–H groups in total. The van der Waals surface area contributed by atoms with Crippen LogP contribution in [0.25, 0.3) is 11.1 Å². The van der Waals surface area contributed by atoms with E-state index in [4.69, 9.17) is 10.00 Å². The molecule has 3 aromatic carbocycles. The van der Waals surface area contributed by atoms with Gasteiger partial charge >= 0.3 is 17.7 Å². The maximum atomic E-state index is 13.3. The summed E-state index contributed by atoms with van der Waals surface area (Å²) in [6.07, 6.45) is -1.54. The lowest BCUT2D eigenvalue weighted by Gasteiger charge is -2.34. The molecule has 0 fully saturated rings. The van der Waals surface area contributed by atoms with Crippen LogP contribution < -0.4 is 5.32 Å². The highest BCUT2D eigenvalue weighted by atomic mass is 16.6. The number of nitrogens with zero attached hydrogens (tertiary/aromatic N) is 3. The van der Waals surface area contributed by atoms with E-state index in [-0.39, 0.29) is 19.4 Å². The molecule has 1 aliphatic heterocycles. The van der Waals surface area contributed by atoms with Crippen LogP contribution in [0.1, 0.15) is 22.3 Å². The number of hydrogen-bond acceptors (Lipinski definition) is 8. The van der Waals surface area contributed by atoms with E-state index in [1.807, 2.05) is 24.3 Å². The Morgan fingerprint density at radius 3 is 2.30 bits per heavy atom. The second kappa shape index (κ2) is 11.5. The fourth-order valence-corrected chi connectivity index (χ4v) is 4.60. The molecule has 12 heteroatoms. The van der Waals surface area contributed by atoms with Crippen LogP contribution in [0, 0.1) is 21.4 Å². The third kappa shape index (κ3) is 5.83. The van der Waals surface area contributed by atoms with Crippen molar-refractivity contribution in [1.82, 2.24) is 10.2 Å². The van der Waals surface area contributed by atoms with E-state index < -0.39 is 46.4 Å². The highest BCUT2D eigenvalue weighted by Gasteiger charge is 2.38. The predicted octanol–water partition coefficient (Wildman–Crippen LogP) is 3.14. The molecule has 0 saturated carbocycles. The molecule has 1 heterocycles. The molecule has 1 aliphatic rings. The van der Waals surface area contributed by atoms with Gasteiger partial charge in [-0.05, 0) is 46.0 Å². The van der Waals surface area contributed by atoms with E-state index >= 15 is 0 Å². The van der Waals surface area contributed by atoms with Gasteiger partial charge in [0, 0.05) is 18.9 Å². The van der Waals surface area contributed by atoms with Crippen LogP contribution in [-0.4, -0.2) is 57.2 Å². The quantitative estimate of drug-likeness (QED) is 0.228. The second-order valence-corrected chi connectivity index (χ2v) is 9.17. The van der Waals surface area contributed by atoms with Crippen molar-refractivity contribution in [1.29, 1.82) is 5.26 Å². The summed E-state index contributed by atoms with van der Waals surface area (Å²) in [5.74, 6) is -2.11. The number of nitro groups is 1. The number of nitriles is 1. The Kier molecular flexibility index (Phi) is 7.95. The maximum Gasteiger partial charge on any atom is 0.408 e. The van der Waals surface area contributed by atoms with Gasteiger partial charge in [-0.15, -0.1) is 0 Å². The number of nitrogens with one attached hydrogen (secondary N) is 1. The van der Waals surface area contributed by atoms with Crippen molar-refractivity contribution in [3.05, 3.63) is 93.0 Å². The molecule has 12 nitrogen and oxygen atoms in total. The van der Waals surface area contributed by atoms with Gasteiger partial charge in [0.2, 0.25) is 5.91 Å². The zero-order chi connectivity index (χ0) is 29.0. The van der Waals surface area contributed by atoms with E-state index in [0.717, 1.165) is 28.2 Å².